The number of hydrogen-bond acceptors (Lipinski definition) is 10. The van der Waals surface area contributed by atoms with Crippen LogP contribution in [0.2, 0.25) is 0 Å². The van der Waals surface area contributed by atoms with E-state index in [1.165, 1.54) is 36.4 Å². The molecule has 0 aromatic heterocycles. The average molecular weight is 572 g/mol. The first kappa shape index (κ1) is 31.2. The van der Waals surface area contributed by atoms with Crippen molar-refractivity contribution < 1.29 is 42.5 Å². The molecular weight excluding hydrogens is 553 g/mol. The first-order valence-electron chi connectivity index (χ1n) is 11.0. The summed E-state index contributed by atoms with van der Waals surface area (Å²) in [5.41, 5.74) is 8.94. The van der Waals surface area contributed by atoms with Gasteiger partial charge in [0.05, 0.1) is 9.85 Å². The predicted octanol–water partition coefficient (Wildman–Crippen LogP) is 5.58. The van der Waals surface area contributed by atoms with Crippen LogP contribution in [0.4, 0.5) is 35.9 Å². The zero-order valence-corrected chi connectivity index (χ0v) is 20.6. The fraction of sp³-hybridized carbons (Fsp3) is 0. The highest BCUT2D eigenvalue weighted by Crippen LogP contribution is 2.32. The average Bonchev–Trinajstić information content (AvgIpc) is 2.89. The summed E-state index contributed by atoms with van der Waals surface area (Å²) in [5, 5.41) is 29.4. The Morgan fingerprint density at radius 2 is 1.12 bits per heavy atom. The third-order valence-corrected chi connectivity index (χ3v) is 4.77. The number of hydrogen-bond donors (Lipinski definition) is 3. The number of ether oxygens (including phenoxy) is 1. The summed E-state index contributed by atoms with van der Waals surface area (Å²) >= 11 is 0. The Hall–Kier alpha value is -5.99. The first-order valence-corrected chi connectivity index (χ1v) is 11.0. The van der Waals surface area contributed by atoms with E-state index in [-0.39, 0.29) is 17.2 Å². The molecule has 212 valence electrons. The highest BCUT2D eigenvalue weighted by molar-refractivity contribution is 5.75. The Labute approximate surface area is 228 Å². The van der Waals surface area contributed by atoms with Crippen molar-refractivity contribution in [1.82, 2.24) is 0 Å². The van der Waals surface area contributed by atoms with Gasteiger partial charge in [0, 0.05) is 35.4 Å². The van der Waals surface area contributed by atoms with Crippen molar-refractivity contribution in [3.63, 3.8) is 0 Å². The van der Waals surface area contributed by atoms with Gasteiger partial charge >= 0.3 is 11.4 Å². The van der Waals surface area contributed by atoms with Gasteiger partial charge in [0.1, 0.15) is 47.0 Å². The lowest BCUT2D eigenvalue weighted by molar-refractivity contribution is -0.386. The van der Waals surface area contributed by atoms with E-state index in [9.17, 15) is 43.0 Å². The maximum absolute atomic E-state index is 13.5. The number of nitrogens with zero attached hydrogens (tertiary/aromatic N) is 2. The Balaban J connectivity index is 0.000000237. The highest BCUT2D eigenvalue weighted by atomic mass is 19.1. The number of nitro groups is 2. The van der Waals surface area contributed by atoms with Gasteiger partial charge in [0.2, 0.25) is 11.6 Å². The van der Waals surface area contributed by atoms with Crippen molar-refractivity contribution in [2.24, 2.45) is 0 Å². The van der Waals surface area contributed by atoms with E-state index in [2.05, 4.69) is 0 Å². The molecule has 0 fully saturated rings. The lowest BCUT2D eigenvalue weighted by Crippen LogP contribution is -1.99. The molecule has 0 radical (unpaired) electrons. The summed E-state index contributed by atoms with van der Waals surface area (Å²) in [7, 11) is 0. The van der Waals surface area contributed by atoms with Crippen LogP contribution in [0.15, 0.2) is 72.8 Å². The largest absolute Gasteiger partial charge is 0.508 e. The molecule has 5 N–H and O–H groups in total. The van der Waals surface area contributed by atoms with E-state index in [1.807, 2.05) is 0 Å². The third-order valence-electron chi connectivity index (χ3n) is 4.77. The van der Waals surface area contributed by atoms with E-state index in [0.29, 0.717) is 35.3 Å². The minimum Gasteiger partial charge on any atom is -0.508 e. The molecule has 12 nitrogen and oxygen atoms in total. The maximum Gasteiger partial charge on any atom is 0.327 e. The van der Waals surface area contributed by atoms with Gasteiger partial charge in [-0.3, -0.25) is 29.8 Å². The van der Waals surface area contributed by atoms with Crippen LogP contribution in [0.25, 0.3) is 0 Å². The Morgan fingerprint density at radius 1 is 0.683 bits per heavy atom. The lowest BCUT2D eigenvalue weighted by Gasteiger charge is -2.07. The molecule has 0 heterocycles. The van der Waals surface area contributed by atoms with Gasteiger partial charge in [0.25, 0.3) is 0 Å². The van der Waals surface area contributed by atoms with Crippen LogP contribution in [-0.2, 0) is 0 Å². The standard InChI is InChI=1S/C13H9FN2O4.C7H6O2.C6H4F2N2O2/c14-11-5-10(6-12(15)13(11)16(18)19)20-9-3-1-8(7-17)2-4-9;8-5-6-1-3-7(9)4-2-6;7-3-1-4(8)6(10(11)12)5(9)2-3/h1-7H,15H2;1-5,9H;1-2H,9H2. The zero-order chi connectivity index (χ0) is 30.7. The molecule has 0 unspecified atom stereocenters. The van der Waals surface area contributed by atoms with Crippen LogP contribution in [0, 0.1) is 37.7 Å². The number of carbonyl (C=O) groups excluding carboxylic acids is 2. The summed E-state index contributed by atoms with van der Waals surface area (Å²) < 4.78 is 43.8. The van der Waals surface area contributed by atoms with Crippen LogP contribution in [0.3, 0.4) is 0 Å². The van der Waals surface area contributed by atoms with E-state index < -0.39 is 44.4 Å². The molecule has 15 heteroatoms. The van der Waals surface area contributed by atoms with Gasteiger partial charge < -0.3 is 21.3 Å². The number of anilines is 2. The number of aromatic hydroxyl groups is 1. The normalized spacial score (nSPS) is 9.73. The van der Waals surface area contributed by atoms with E-state index in [1.54, 1.807) is 12.1 Å². The molecule has 0 aliphatic rings. The molecule has 4 aromatic rings. The van der Waals surface area contributed by atoms with E-state index >= 15 is 0 Å². The van der Waals surface area contributed by atoms with Crippen molar-refractivity contribution in [2.75, 3.05) is 11.5 Å². The lowest BCUT2D eigenvalue weighted by atomic mass is 10.2. The minimum absolute atomic E-state index is 0.0319. The third kappa shape index (κ3) is 9.06. The van der Waals surface area contributed by atoms with Crippen molar-refractivity contribution in [3.8, 4) is 17.2 Å². The van der Waals surface area contributed by atoms with Crippen LogP contribution >= 0.6 is 0 Å². The number of nitrogens with two attached hydrogens (primary N) is 2. The van der Waals surface area contributed by atoms with Gasteiger partial charge in [0.15, 0.2) is 0 Å². The number of nitrogen functional groups attached to an aromatic ring is 2. The molecule has 4 rings (SSSR count). The number of benzene rings is 4. The number of phenolic OH excluding ortho intramolecular Hbond substituents is 1. The molecule has 0 spiro atoms. The number of phenols is 1. The quantitative estimate of drug-likeness (QED) is 0.113. The fourth-order valence-electron chi connectivity index (χ4n) is 2.93. The Bertz CT molecular complexity index is 1520. The summed E-state index contributed by atoms with van der Waals surface area (Å²) in [6.45, 7) is 0. The molecule has 0 bridgehead atoms. The summed E-state index contributed by atoms with van der Waals surface area (Å²) in [5.74, 6) is -2.71. The van der Waals surface area contributed by atoms with Gasteiger partial charge in [-0.05, 0) is 48.5 Å². The van der Waals surface area contributed by atoms with Crippen LogP contribution in [-0.4, -0.2) is 27.5 Å². The van der Waals surface area contributed by atoms with Crippen LogP contribution in [0.1, 0.15) is 20.7 Å². The van der Waals surface area contributed by atoms with Crippen molar-refractivity contribution in [1.29, 1.82) is 0 Å². The van der Waals surface area contributed by atoms with Crippen molar-refractivity contribution >= 4 is 35.3 Å². The number of rotatable bonds is 6. The second kappa shape index (κ2) is 14.2. The van der Waals surface area contributed by atoms with Crippen molar-refractivity contribution in [3.05, 3.63) is 122 Å². The second-order valence-electron chi connectivity index (χ2n) is 7.68. The topological polar surface area (TPSA) is 202 Å². The minimum atomic E-state index is -1.27. The number of nitro benzene ring substituents is 2. The van der Waals surface area contributed by atoms with Crippen LogP contribution < -0.4 is 16.2 Å². The number of aldehydes is 2. The van der Waals surface area contributed by atoms with Gasteiger partial charge in [-0.2, -0.15) is 8.78 Å². The highest BCUT2D eigenvalue weighted by Gasteiger charge is 2.21. The summed E-state index contributed by atoms with van der Waals surface area (Å²) in [6.07, 6.45) is 1.41. The second-order valence-corrected chi connectivity index (χ2v) is 7.68. The summed E-state index contributed by atoms with van der Waals surface area (Å²) in [6, 6.07) is 15.3. The first-order chi connectivity index (χ1) is 19.4. The molecule has 0 saturated carbocycles. The van der Waals surface area contributed by atoms with Crippen LogP contribution in [0.5, 0.6) is 17.2 Å². The van der Waals surface area contributed by atoms with Gasteiger partial charge in [-0.25, -0.2) is 4.39 Å². The number of carbonyl (C=O) groups is 2. The molecule has 0 aliphatic carbocycles. The molecule has 41 heavy (non-hydrogen) atoms. The Kier molecular flexibility index (Phi) is 10.8. The molecule has 0 aliphatic heterocycles. The van der Waals surface area contributed by atoms with Gasteiger partial charge in [-0.15, -0.1) is 0 Å². The van der Waals surface area contributed by atoms with E-state index in [4.69, 9.17) is 21.3 Å². The molecule has 0 amide bonds. The Morgan fingerprint density at radius 3 is 1.54 bits per heavy atom. The predicted molar refractivity (Wildman–Crippen MR) is 140 cm³/mol. The fourth-order valence-corrected chi connectivity index (χ4v) is 2.93. The molecule has 0 atom stereocenters. The summed E-state index contributed by atoms with van der Waals surface area (Å²) in [4.78, 5) is 39.4. The molecular formula is C26H19F3N4O8. The zero-order valence-electron chi connectivity index (χ0n) is 20.6. The van der Waals surface area contributed by atoms with Gasteiger partial charge in [-0.1, -0.05) is 0 Å². The SMILES string of the molecule is Nc1cc(F)cc(F)c1[N+](=O)[O-].Nc1cc(Oc2ccc(C=O)cc2)cc(F)c1[N+](=O)[O-].O=Cc1ccc(O)cc1. The smallest absolute Gasteiger partial charge is 0.327 e. The monoisotopic (exact) mass is 572 g/mol. The number of halogens is 3. The molecule has 0 saturated heterocycles. The van der Waals surface area contributed by atoms with Crippen molar-refractivity contribution in [2.45, 2.75) is 0 Å². The molecule has 4 aromatic carbocycles. The maximum atomic E-state index is 13.5. The van der Waals surface area contributed by atoms with E-state index in [0.717, 1.165) is 18.4 Å².